The third-order valence-electron chi connectivity index (χ3n) is 6.40. The average molecular weight is 538 g/mol. The van der Waals surface area contributed by atoms with E-state index >= 15 is 0 Å². The zero-order valence-corrected chi connectivity index (χ0v) is 20.9. The lowest BCUT2D eigenvalue weighted by Gasteiger charge is -2.22. The zero-order valence-electron chi connectivity index (χ0n) is 20.9. The Morgan fingerprint density at radius 3 is 2.62 bits per heavy atom. The minimum absolute atomic E-state index is 0.0346. The predicted octanol–water partition coefficient (Wildman–Crippen LogP) is 5.53. The lowest BCUT2D eigenvalue weighted by Crippen LogP contribution is -2.21. The number of hydrogen-bond acceptors (Lipinski definition) is 6. The second-order valence-electron chi connectivity index (χ2n) is 9.24. The van der Waals surface area contributed by atoms with Crippen molar-refractivity contribution in [3.8, 4) is 16.9 Å². The number of hydrogen-bond donors (Lipinski definition) is 2. The van der Waals surface area contributed by atoms with Crippen LogP contribution in [0.2, 0.25) is 0 Å². The van der Waals surface area contributed by atoms with Crippen LogP contribution >= 0.6 is 0 Å². The van der Waals surface area contributed by atoms with Gasteiger partial charge in [-0.15, -0.1) is 10.2 Å². The van der Waals surface area contributed by atoms with E-state index in [1.54, 1.807) is 0 Å². The Labute approximate surface area is 222 Å². The fourth-order valence-corrected chi connectivity index (χ4v) is 4.34. The summed E-state index contributed by atoms with van der Waals surface area (Å²) in [5, 5.41) is 10.5. The second kappa shape index (κ2) is 11.6. The maximum absolute atomic E-state index is 13.9. The van der Waals surface area contributed by atoms with Crippen LogP contribution in [0.15, 0.2) is 66.9 Å². The molecule has 8 nitrogen and oxygen atoms in total. The third kappa shape index (κ3) is 6.80. The van der Waals surface area contributed by atoms with E-state index in [0.29, 0.717) is 37.8 Å². The molecule has 1 aliphatic rings. The molecule has 5 rings (SSSR count). The van der Waals surface area contributed by atoms with Gasteiger partial charge in [0, 0.05) is 25.8 Å². The highest BCUT2D eigenvalue weighted by atomic mass is 19.4. The largest absolute Gasteiger partial charge is 0.493 e. The van der Waals surface area contributed by atoms with E-state index in [4.69, 9.17) is 9.47 Å². The summed E-state index contributed by atoms with van der Waals surface area (Å²) in [6, 6.07) is 16.1. The molecule has 1 aliphatic heterocycles. The SMILES string of the molecule is O=C(Nc1cc(-c2cc(OCC3CCOCC3)ccc2C(F)(F)F)ccn1)c1nnc(Cc2ccccc2)[nH]1. The lowest BCUT2D eigenvalue weighted by molar-refractivity contribution is -0.137. The summed E-state index contributed by atoms with van der Waals surface area (Å²) in [4.78, 5) is 19.7. The summed E-state index contributed by atoms with van der Waals surface area (Å²) in [6.07, 6.45) is -1.10. The van der Waals surface area contributed by atoms with E-state index in [2.05, 4.69) is 25.5 Å². The highest BCUT2D eigenvalue weighted by Gasteiger charge is 2.34. The van der Waals surface area contributed by atoms with Crippen molar-refractivity contribution in [3.05, 3.63) is 89.6 Å². The number of amides is 1. The Hall–Kier alpha value is -4.25. The molecule has 2 aromatic carbocycles. The molecule has 2 N–H and O–H groups in total. The molecule has 0 spiro atoms. The molecule has 0 saturated carbocycles. The molecule has 202 valence electrons. The number of aromatic nitrogens is 4. The standard InChI is InChI=1S/C28H26F3N5O3/c29-28(30,31)23-7-6-21(39-17-19-9-12-38-13-10-19)16-22(23)20-8-11-32-24(15-20)34-27(37)26-33-25(35-36-26)14-18-4-2-1-3-5-18/h1-8,11,15-16,19H,9-10,12-14,17H2,(H,32,34,37)(H,33,35,36). The van der Waals surface area contributed by atoms with E-state index in [9.17, 15) is 18.0 Å². The van der Waals surface area contributed by atoms with Gasteiger partial charge < -0.3 is 19.8 Å². The molecule has 39 heavy (non-hydrogen) atoms. The normalized spacial score (nSPS) is 14.2. The number of carbonyl (C=O) groups excluding carboxylic acids is 1. The van der Waals surface area contributed by atoms with E-state index in [-0.39, 0.29) is 28.7 Å². The smallest absolute Gasteiger partial charge is 0.417 e. The van der Waals surface area contributed by atoms with E-state index in [1.165, 1.54) is 30.5 Å². The average Bonchev–Trinajstić information content (AvgIpc) is 3.41. The van der Waals surface area contributed by atoms with E-state index in [0.717, 1.165) is 24.5 Å². The number of halogens is 3. The Balaban J connectivity index is 1.33. The predicted molar refractivity (Wildman–Crippen MR) is 137 cm³/mol. The van der Waals surface area contributed by atoms with Gasteiger partial charge in [0.25, 0.3) is 5.91 Å². The summed E-state index contributed by atoms with van der Waals surface area (Å²) in [5.41, 5.74) is 0.334. The minimum atomic E-state index is -4.59. The van der Waals surface area contributed by atoms with Crippen molar-refractivity contribution in [1.82, 2.24) is 20.2 Å². The molecule has 0 unspecified atom stereocenters. The zero-order chi connectivity index (χ0) is 27.2. The number of nitrogens with zero attached hydrogens (tertiary/aromatic N) is 3. The molecule has 4 aromatic rings. The summed E-state index contributed by atoms with van der Waals surface area (Å²) >= 11 is 0. The van der Waals surface area contributed by atoms with Gasteiger partial charge in [-0.2, -0.15) is 13.2 Å². The van der Waals surface area contributed by atoms with Gasteiger partial charge in [0.05, 0.1) is 12.2 Å². The fraction of sp³-hybridized carbons (Fsp3) is 0.286. The van der Waals surface area contributed by atoms with Crippen LogP contribution in [-0.4, -0.2) is 45.9 Å². The quantitative estimate of drug-likeness (QED) is 0.306. The van der Waals surface area contributed by atoms with Gasteiger partial charge >= 0.3 is 6.18 Å². The van der Waals surface area contributed by atoms with Crippen LogP contribution in [0, 0.1) is 5.92 Å². The number of H-pyrrole nitrogens is 1. The van der Waals surface area contributed by atoms with Gasteiger partial charge in [-0.25, -0.2) is 4.98 Å². The lowest BCUT2D eigenvalue weighted by atomic mass is 9.99. The first-order valence-electron chi connectivity index (χ1n) is 12.5. The summed E-state index contributed by atoms with van der Waals surface area (Å²) < 4.78 is 52.8. The van der Waals surface area contributed by atoms with Crippen molar-refractivity contribution < 1.29 is 27.4 Å². The van der Waals surface area contributed by atoms with Crippen LogP contribution in [0.3, 0.4) is 0 Å². The van der Waals surface area contributed by atoms with Gasteiger partial charge in [-0.05, 0) is 65.8 Å². The number of benzene rings is 2. The van der Waals surface area contributed by atoms with Crippen LogP contribution in [0.4, 0.5) is 19.0 Å². The Kier molecular flexibility index (Phi) is 7.87. The van der Waals surface area contributed by atoms with Gasteiger partial charge in [-0.3, -0.25) is 4.79 Å². The van der Waals surface area contributed by atoms with E-state index in [1.807, 2.05) is 30.3 Å². The summed E-state index contributed by atoms with van der Waals surface area (Å²) in [6.45, 7) is 1.70. The van der Waals surface area contributed by atoms with Crippen molar-refractivity contribution in [3.63, 3.8) is 0 Å². The van der Waals surface area contributed by atoms with Gasteiger partial charge in [0.1, 0.15) is 17.4 Å². The number of ether oxygens (including phenoxy) is 2. The highest BCUT2D eigenvalue weighted by molar-refractivity contribution is 6.01. The molecule has 11 heteroatoms. The highest BCUT2D eigenvalue weighted by Crippen LogP contribution is 2.39. The number of alkyl halides is 3. The Morgan fingerprint density at radius 2 is 1.85 bits per heavy atom. The molecule has 0 aliphatic carbocycles. The van der Waals surface area contributed by atoms with Crippen molar-refractivity contribution in [2.75, 3.05) is 25.1 Å². The number of anilines is 1. The summed E-state index contributed by atoms with van der Waals surface area (Å²) in [7, 11) is 0. The van der Waals surface area contributed by atoms with Gasteiger partial charge in [-0.1, -0.05) is 30.3 Å². The minimum Gasteiger partial charge on any atom is -0.493 e. The van der Waals surface area contributed by atoms with Crippen molar-refractivity contribution in [2.24, 2.45) is 5.92 Å². The Bertz CT molecular complexity index is 1420. The summed E-state index contributed by atoms with van der Waals surface area (Å²) in [5.74, 6) is 0.542. The number of nitrogens with one attached hydrogen (secondary N) is 2. The number of aromatic amines is 1. The third-order valence-corrected chi connectivity index (χ3v) is 6.40. The maximum Gasteiger partial charge on any atom is 0.417 e. The second-order valence-corrected chi connectivity index (χ2v) is 9.24. The molecule has 0 atom stereocenters. The topological polar surface area (TPSA) is 102 Å². The monoisotopic (exact) mass is 537 g/mol. The van der Waals surface area contributed by atoms with Crippen LogP contribution in [0.1, 0.15) is 40.4 Å². The first kappa shape index (κ1) is 26.4. The van der Waals surface area contributed by atoms with Crippen LogP contribution in [0.5, 0.6) is 5.75 Å². The number of pyridine rings is 1. The molecule has 0 radical (unpaired) electrons. The van der Waals surface area contributed by atoms with Gasteiger partial charge in [0.15, 0.2) is 0 Å². The molecule has 0 bridgehead atoms. The van der Waals surface area contributed by atoms with Crippen LogP contribution in [-0.2, 0) is 17.3 Å². The molecular weight excluding hydrogens is 511 g/mol. The van der Waals surface area contributed by atoms with Crippen molar-refractivity contribution in [2.45, 2.75) is 25.4 Å². The molecule has 1 amide bonds. The molecule has 3 heterocycles. The first-order chi connectivity index (χ1) is 18.8. The molecule has 1 saturated heterocycles. The molecular formula is C28H26F3N5O3. The number of carbonyl (C=O) groups is 1. The van der Waals surface area contributed by atoms with Gasteiger partial charge in [0.2, 0.25) is 5.82 Å². The Morgan fingerprint density at radius 1 is 1.05 bits per heavy atom. The van der Waals surface area contributed by atoms with Crippen LogP contribution in [0.25, 0.3) is 11.1 Å². The number of rotatable bonds is 8. The molecule has 2 aromatic heterocycles. The van der Waals surface area contributed by atoms with Crippen LogP contribution < -0.4 is 10.1 Å². The van der Waals surface area contributed by atoms with E-state index < -0.39 is 17.6 Å². The van der Waals surface area contributed by atoms with Crippen molar-refractivity contribution in [1.29, 1.82) is 0 Å². The fourth-order valence-electron chi connectivity index (χ4n) is 4.34. The van der Waals surface area contributed by atoms with Crippen molar-refractivity contribution >= 4 is 11.7 Å². The maximum atomic E-state index is 13.9. The first-order valence-corrected chi connectivity index (χ1v) is 12.5. The molecule has 1 fully saturated rings.